The Bertz CT molecular complexity index is 747. The molecule has 2 aliphatic rings. The van der Waals surface area contributed by atoms with Gasteiger partial charge in [-0.25, -0.2) is 0 Å². The highest BCUT2D eigenvalue weighted by Crippen LogP contribution is 2.31. The molecule has 2 fully saturated rings. The molecule has 25 heavy (non-hydrogen) atoms. The van der Waals surface area contributed by atoms with Crippen LogP contribution in [0.4, 0.5) is 0 Å². The van der Waals surface area contributed by atoms with Crippen LogP contribution in [0, 0.1) is 0 Å². The molecular formula is C19H27N5O. The van der Waals surface area contributed by atoms with Gasteiger partial charge in [0, 0.05) is 18.3 Å². The maximum absolute atomic E-state index is 13.0. The highest BCUT2D eigenvalue weighted by Gasteiger charge is 2.35. The average molecular weight is 341 g/mol. The van der Waals surface area contributed by atoms with Gasteiger partial charge in [0.2, 0.25) is 5.91 Å². The summed E-state index contributed by atoms with van der Waals surface area (Å²) < 4.78 is 2.06. The van der Waals surface area contributed by atoms with Gasteiger partial charge in [-0.15, -0.1) is 10.2 Å². The molecule has 6 heteroatoms. The van der Waals surface area contributed by atoms with Crippen LogP contribution in [0.5, 0.6) is 0 Å². The zero-order valence-electron chi connectivity index (χ0n) is 15.1. The molecule has 1 amide bonds. The molecule has 134 valence electrons. The SMILES string of the molecule is C[C@@H]1CCC[C@@H](C)N1C(=O)CN1CCC[C@@H]1c1nnc2ccccn12. The Morgan fingerprint density at radius 3 is 2.72 bits per heavy atom. The number of hydrogen-bond donors (Lipinski definition) is 0. The Labute approximate surface area is 148 Å². The summed E-state index contributed by atoms with van der Waals surface area (Å²) in [6, 6.07) is 6.83. The Balaban J connectivity index is 1.53. The van der Waals surface area contributed by atoms with Crippen molar-refractivity contribution in [2.45, 2.75) is 64.1 Å². The van der Waals surface area contributed by atoms with E-state index >= 15 is 0 Å². The van der Waals surface area contributed by atoms with E-state index in [1.54, 1.807) is 0 Å². The molecule has 3 atom stereocenters. The number of carbonyl (C=O) groups excluding carboxylic acids is 1. The quantitative estimate of drug-likeness (QED) is 0.861. The van der Waals surface area contributed by atoms with Gasteiger partial charge >= 0.3 is 0 Å². The highest BCUT2D eigenvalue weighted by molar-refractivity contribution is 5.79. The number of piperidine rings is 1. The summed E-state index contributed by atoms with van der Waals surface area (Å²) in [6.45, 7) is 5.80. The molecule has 0 bridgehead atoms. The molecule has 0 N–H and O–H groups in total. The molecule has 6 nitrogen and oxygen atoms in total. The number of pyridine rings is 1. The van der Waals surface area contributed by atoms with Crippen LogP contribution in [0.1, 0.15) is 57.8 Å². The van der Waals surface area contributed by atoms with Crippen LogP contribution in [0.15, 0.2) is 24.4 Å². The lowest BCUT2D eigenvalue weighted by atomic mass is 9.97. The van der Waals surface area contributed by atoms with Gasteiger partial charge in [0.25, 0.3) is 0 Å². The third-order valence-corrected chi connectivity index (χ3v) is 5.82. The number of fused-ring (bicyclic) bond motifs is 1. The number of rotatable bonds is 3. The minimum Gasteiger partial charge on any atom is -0.336 e. The normalized spacial score (nSPS) is 27.9. The topological polar surface area (TPSA) is 53.7 Å². The van der Waals surface area contributed by atoms with E-state index in [1.807, 2.05) is 24.4 Å². The van der Waals surface area contributed by atoms with Gasteiger partial charge in [-0.3, -0.25) is 14.1 Å². The van der Waals surface area contributed by atoms with Gasteiger partial charge in [0.1, 0.15) is 0 Å². The Morgan fingerprint density at radius 1 is 1.12 bits per heavy atom. The van der Waals surface area contributed by atoms with Gasteiger partial charge in [-0.2, -0.15) is 0 Å². The Hall–Kier alpha value is -1.95. The molecule has 4 heterocycles. The highest BCUT2D eigenvalue weighted by atomic mass is 16.2. The predicted octanol–water partition coefficient (Wildman–Crippen LogP) is 2.66. The summed E-state index contributed by atoms with van der Waals surface area (Å²) in [5.41, 5.74) is 0.869. The van der Waals surface area contributed by atoms with Crippen LogP contribution in [-0.4, -0.2) is 55.5 Å². The first kappa shape index (κ1) is 16.5. The molecule has 0 spiro atoms. The third-order valence-electron chi connectivity index (χ3n) is 5.82. The average Bonchev–Trinajstić information content (AvgIpc) is 3.21. The molecule has 2 aliphatic heterocycles. The molecular weight excluding hydrogens is 314 g/mol. The number of aromatic nitrogens is 3. The number of nitrogens with zero attached hydrogens (tertiary/aromatic N) is 5. The van der Waals surface area contributed by atoms with E-state index in [9.17, 15) is 4.79 Å². The fourth-order valence-electron chi connectivity index (χ4n) is 4.56. The van der Waals surface area contributed by atoms with Gasteiger partial charge in [0.15, 0.2) is 11.5 Å². The maximum atomic E-state index is 13.0. The van der Waals surface area contributed by atoms with Crippen LogP contribution in [0.2, 0.25) is 0 Å². The smallest absolute Gasteiger partial charge is 0.237 e. The summed E-state index contributed by atoms with van der Waals surface area (Å²) in [7, 11) is 0. The fourth-order valence-corrected chi connectivity index (χ4v) is 4.56. The van der Waals surface area contributed by atoms with Crippen molar-refractivity contribution in [2.24, 2.45) is 0 Å². The van der Waals surface area contributed by atoms with Gasteiger partial charge in [0.05, 0.1) is 12.6 Å². The van der Waals surface area contributed by atoms with Crippen molar-refractivity contribution in [3.63, 3.8) is 0 Å². The van der Waals surface area contributed by atoms with Gasteiger partial charge in [-0.05, 0) is 64.6 Å². The summed E-state index contributed by atoms with van der Waals surface area (Å²) in [5, 5.41) is 8.71. The second-order valence-corrected chi connectivity index (χ2v) is 7.55. The maximum Gasteiger partial charge on any atom is 0.237 e. The van der Waals surface area contributed by atoms with Crippen molar-refractivity contribution < 1.29 is 4.79 Å². The first-order valence-electron chi connectivity index (χ1n) is 9.50. The van der Waals surface area contributed by atoms with Crippen molar-refractivity contribution >= 4 is 11.6 Å². The van der Waals surface area contributed by atoms with E-state index < -0.39 is 0 Å². The van der Waals surface area contributed by atoms with Crippen molar-refractivity contribution in [2.75, 3.05) is 13.1 Å². The second kappa shape index (κ2) is 6.75. The zero-order valence-corrected chi connectivity index (χ0v) is 15.1. The molecule has 0 radical (unpaired) electrons. The summed E-state index contributed by atoms with van der Waals surface area (Å²) in [5.74, 6) is 1.22. The third kappa shape index (κ3) is 3.03. The molecule has 0 aliphatic carbocycles. The van der Waals surface area contributed by atoms with Gasteiger partial charge < -0.3 is 4.90 Å². The standard InChI is InChI=1S/C19H27N5O/c1-14-7-5-8-15(2)24(14)18(25)13-22-11-6-9-16(22)19-21-20-17-10-3-4-12-23(17)19/h3-4,10,12,14-16H,5-9,11,13H2,1-2H3/t14-,15-,16-/m1/s1. The van der Waals surface area contributed by atoms with Crippen LogP contribution < -0.4 is 0 Å². The minimum atomic E-state index is 0.178. The molecule has 0 aromatic carbocycles. The van der Waals surface area contributed by atoms with Crippen molar-refractivity contribution in [3.8, 4) is 0 Å². The lowest BCUT2D eigenvalue weighted by Crippen LogP contribution is -2.51. The number of hydrogen-bond acceptors (Lipinski definition) is 4. The van der Waals surface area contributed by atoms with E-state index in [1.165, 1.54) is 6.42 Å². The monoisotopic (exact) mass is 341 g/mol. The molecule has 2 aromatic rings. The second-order valence-electron chi connectivity index (χ2n) is 7.55. The number of amides is 1. The molecule has 2 aromatic heterocycles. The summed E-state index contributed by atoms with van der Waals surface area (Å²) in [4.78, 5) is 17.4. The van der Waals surface area contributed by atoms with Crippen LogP contribution in [0.3, 0.4) is 0 Å². The number of likely N-dealkylation sites (tertiary alicyclic amines) is 2. The lowest BCUT2D eigenvalue weighted by Gasteiger charge is -2.40. The van der Waals surface area contributed by atoms with Crippen LogP contribution in [-0.2, 0) is 4.79 Å². The van der Waals surface area contributed by atoms with Crippen molar-refractivity contribution in [1.82, 2.24) is 24.4 Å². The molecule has 2 saturated heterocycles. The summed E-state index contributed by atoms with van der Waals surface area (Å²) >= 11 is 0. The Morgan fingerprint density at radius 2 is 1.92 bits per heavy atom. The first-order valence-corrected chi connectivity index (χ1v) is 9.50. The molecule has 0 unspecified atom stereocenters. The van der Waals surface area contributed by atoms with E-state index in [-0.39, 0.29) is 11.9 Å². The first-order chi connectivity index (χ1) is 12.1. The van der Waals surface area contributed by atoms with E-state index in [4.69, 9.17) is 0 Å². The lowest BCUT2D eigenvalue weighted by molar-refractivity contribution is -0.138. The van der Waals surface area contributed by atoms with Gasteiger partial charge in [-0.1, -0.05) is 6.07 Å². The van der Waals surface area contributed by atoms with E-state index in [0.717, 1.165) is 43.7 Å². The number of carbonyl (C=O) groups is 1. The Kier molecular flexibility index (Phi) is 4.46. The summed E-state index contributed by atoms with van der Waals surface area (Å²) in [6.07, 6.45) is 7.61. The van der Waals surface area contributed by atoms with E-state index in [0.29, 0.717) is 18.6 Å². The molecule has 0 saturated carbocycles. The van der Waals surface area contributed by atoms with E-state index in [2.05, 4.69) is 38.2 Å². The predicted molar refractivity (Wildman–Crippen MR) is 96.2 cm³/mol. The molecule has 4 rings (SSSR count). The fraction of sp³-hybridized carbons (Fsp3) is 0.632. The van der Waals surface area contributed by atoms with Crippen LogP contribution in [0.25, 0.3) is 5.65 Å². The van der Waals surface area contributed by atoms with Crippen LogP contribution >= 0.6 is 0 Å². The van der Waals surface area contributed by atoms with Crippen molar-refractivity contribution in [1.29, 1.82) is 0 Å². The largest absolute Gasteiger partial charge is 0.336 e. The van der Waals surface area contributed by atoms with Crippen molar-refractivity contribution in [3.05, 3.63) is 30.2 Å². The zero-order chi connectivity index (χ0) is 17.4. The minimum absolute atomic E-state index is 0.178.